The van der Waals surface area contributed by atoms with Crippen LogP contribution in [0.4, 0.5) is 0 Å². The molecule has 0 aromatic rings. The Morgan fingerprint density at radius 3 is 2.35 bits per heavy atom. The maximum Gasteiger partial charge on any atom is 0.109 e. The summed E-state index contributed by atoms with van der Waals surface area (Å²) in [6.07, 6.45) is 6.68. The third kappa shape index (κ3) is 2.68. The molecule has 2 rings (SSSR count). The Hall–Kier alpha value is -0.0151. The van der Waals surface area contributed by atoms with Crippen molar-refractivity contribution in [3.63, 3.8) is 0 Å². The van der Waals surface area contributed by atoms with E-state index in [0.29, 0.717) is 16.9 Å². The fraction of sp³-hybridized carbons (Fsp3) is 1.00. The van der Waals surface area contributed by atoms with Gasteiger partial charge in [0.15, 0.2) is 0 Å². The van der Waals surface area contributed by atoms with Crippen LogP contribution in [-0.4, -0.2) is 43.6 Å². The Balaban J connectivity index is 2.28. The molecule has 0 N–H and O–H groups in total. The van der Waals surface area contributed by atoms with E-state index >= 15 is 0 Å². The lowest BCUT2D eigenvalue weighted by molar-refractivity contribution is -0.178. The van der Waals surface area contributed by atoms with Crippen LogP contribution in [0.2, 0.25) is 5.31 Å². The molecule has 1 aliphatic heterocycles. The van der Waals surface area contributed by atoms with E-state index in [1.165, 1.54) is 32.1 Å². The summed E-state index contributed by atoms with van der Waals surface area (Å²) in [7, 11) is 2.49. The summed E-state index contributed by atoms with van der Waals surface area (Å²) in [6.45, 7) is 13.9. The minimum Gasteiger partial charge on any atom is -0.377 e. The molecule has 2 aliphatic rings. The quantitative estimate of drug-likeness (QED) is 0.716. The molecule has 2 fully saturated rings. The van der Waals surface area contributed by atoms with Gasteiger partial charge in [-0.1, -0.05) is 45.3 Å². The van der Waals surface area contributed by atoms with Crippen LogP contribution in [0.15, 0.2) is 0 Å². The number of nitrogens with zero attached hydrogens (tertiary/aromatic N) is 1. The molecule has 0 amide bonds. The van der Waals surface area contributed by atoms with E-state index in [9.17, 15) is 0 Å². The lowest BCUT2D eigenvalue weighted by atomic mass is 9.53. The second-order valence-corrected chi connectivity index (χ2v) is 8.03. The summed E-state index contributed by atoms with van der Waals surface area (Å²) >= 11 is 0. The summed E-state index contributed by atoms with van der Waals surface area (Å²) in [5.41, 5.74) is 0.319. The van der Waals surface area contributed by atoms with Crippen LogP contribution in [0.3, 0.4) is 0 Å². The van der Waals surface area contributed by atoms with E-state index < -0.39 is 0 Å². The van der Waals surface area contributed by atoms with E-state index in [-0.39, 0.29) is 0 Å². The van der Waals surface area contributed by atoms with Crippen LogP contribution in [0, 0.1) is 5.92 Å². The minimum atomic E-state index is 0.319. The van der Waals surface area contributed by atoms with Crippen molar-refractivity contribution in [2.45, 2.75) is 89.7 Å². The maximum atomic E-state index is 5.63. The molecular formula is C17H34BNO. The molecule has 1 saturated heterocycles. The molecule has 1 heterocycles. The molecule has 3 atom stereocenters. The lowest BCUT2D eigenvalue weighted by Gasteiger charge is -2.59. The molecule has 3 heteroatoms. The zero-order valence-electron chi connectivity index (χ0n) is 14.5. The largest absolute Gasteiger partial charge is 0.377 e. The number of rotatable bonds is 5. The first-order chi connectivity index (χ1) is 9.38. The number of hydrogen-bond acceptors (Lipinski definition) is 2. The molecule has 1 saturated carbocycles. The van der Waals surface area contributed by atoms with Crippen molar-refractivity contribution in [1.82, 2.24) is 4.90 Å². The van der Waals surface area contributed by atoms with Crippen molar-refractivity contribution in [2.75, 3.05) is 13.2 Å². The Bertz CT molecular complexity index is 319. The van der Waals surface area contributed by atoms with E-state index in [4.69, 9.17) is 4.74 Å². The van der Waals surface area contributed by atoms with Gasteiger partial charge in [-0.2, -0.15) is 0 Å². The number of ether oxygens (including phenoxy) is 1. The van der Waals surface area contributed by atoms with E-state index in [0.717, 1.165) is 25.2 Å². The summed E-state index contributed by atoms with van der Waals surface area (Å²) in [5.74, 6) is 0.822. The zero-order chi connectivity index (χ0) is 15.0. The Kier molecular flexibility index (Phi) is 4.91. The summed E-state index contributed by atoms with van der Waals surface area (Å²) in [6, 6.07) is 1.36. The molecule has 0 aromatic carbocycles. The predicted molar refractivity (Wildman–Crippen MR) is 89.1 cm³/mol. The monoisotopic (exact) mass is 279 g/mol. The molecular weight excluding hydrogens is 245 g/mol. The van der Waals surface area contributed by atoms with Crippen LogP contribution in [-0.2, 0) is 4.74 Å². The third-order valence-electron chi connectivity index (χ3n) is 6.09. The summed E-state index contributed by atoms with van der Waals surface area (Å²) in [5, 5.41) is 0.490. The maximum absolute atomic E-state index is 5.63. The van der Waals surface area contributed by atoms with Crippen molar-refractivity contribution >= 4 is 7.85 Å². The van der Waals surface area contributed by atoms with Gasteiger partial charge in [-0.15, -0.1) is 0 Å². The van der Waals surface area contributed by atoms with Crippen molar-refractivity contribution in [3.05, 3.63) is 0 Å². The number of hydrogen-bond donors (Lipinski definition) is 0. The average molecular weight is 279 g/mol. The van der Waals surface area contributed by atoms with Crippen LogP contribution in [0.1, 0.15) is 66.7 Å². The fourth-order valence-corrected chi connectivity index (χ4v) is 4.99. The van der Waals surface area contributed by atoms with Gasteiger partial charge in [-0.05, 0) is 32.6 Å². The van der Waals surface area contributed by atoms with Gasteiger partial charge in [0.25, 0.3) is 0 Å². The second kappa shape index (κ2) is 6.00. The Morgan fingerprint density at radius 1 is 1.30 bits per heavy atom. The Morgan fingerprint density at radius 2 is 1.95 bits per heavy atom. The van der Waals surface area contributed by atoms with E-state index in [1.807, 2.05) is 0 Å². The fourth-order valence-electron chi connectivity index (χ4n) is 4.99. The molecule has 20 heavy (non-hydrogen) atoms. The van der Waals surface area contributed by atoms with Gasteiger partial charge in [-0.3, -0.25) is 4.90 Å². The van der Waals surface area contributed by atoms with E-state index in [2.05, 4.69) is 47.4 Å². The topological polar surface area (TPSA) is 12.5 Å². The highest BCUT2D eigenvalue weighted by Gasteiger charge is 2.50. The molecule has 116 valence electrons. The van der Waals surface area contributed by atoms with Crippen molar-refractivity contribution in [1.29, 1.82) is 0 Å². The highest BCUT2D eigenvalue weighted by molar-refractivity contribution is 6.15. The summed E-state index contributed by atoms with van der Waals surface area (Å²) < 4.78 is 5.63. The van der Waals surface area contributed by atoms with Gasteiger partial charge in [0, 0.05) is 12.1 Å². The first-order valence-electron chi connectivity index (χ1n) is 8.74. The third-order valence-corrected chi connectivity index (χ3v) is 6.09. The van der Waals surface area contributed by atoms with Gasteiger partial charge in [-0.25, -0.2) is 0 Å². The highest BCUT2D eigenvalue weighted by atomic mass is 16.5. The van der Waals surface area contributed by atoms with Crippen LogP contribution in [0.25, 0.3) is 0 Å². The molecule has 0 aromatic heterocycles. The first-order valence-corrected chi connectivity index (χ1v) is 8.74. The molecule has 0 bridgehead atoms. The average Bonchev–Trinajstić information content (AvgIpc) is 2.31. The lowest BCUT2D eigenvalue weighted by Crippen LogP contribution is -2.68. The smallest absolute Gasteiger partial charge is 0.109 e. The van der Waals surface area contributed by atoms with Gasteiger partial charge >= 0.3 is 0 Å². The molecule has 3 unspecified atom stereocenters. The predicted octanol–water partition coefficient (Wildman–Crippen LogP) is 3.27. The van der Waals surface area contributed by atoms with Crippen molar-refractivity contribution in [3.8, 4) is 0 Å². The molecule has 2 nitrogen and oxygen atoms in total. The van der Waals surface area contributed by atoms with Crippen LogP contribution in [0.5, 0.6) is 0 Å². The zero-order valence-corrected chi connectivity index (χ0v) is 14.5. The Labute approximate surface area is 127 Å². The van der Waals surface area contributed by atoms with Gasteiger partial charge in [0.05, 0.1) is 18.8 Å². The molecule has 0 radical (unpaired) electrons. The molecule has 1 aliphatic carbocycles. The molecule has 0 spiro atoms. The van der Waals surface area contributed by atoms with Crippen LogP contribution < -0.4 is 0 Å². The van der Waals surface area contributed by atoms with Gasteiger partial charge in [0.1, 0.15) is 7.85 Å². The second-order valence-electron chi connectivity index (χ2n) is 8.03. The minimum absolute atomic E-state index is 0.319. The van der Waals surface area contributed by atoms with Gasteiger partial charge < -0.3 is 4.74 Å². The standard InChI is InChI=1S/C17H34BNO/c1-6-14-15(9-8-10-16(14,5)18)19(13(3)4)17(7-2)11-20-12-17/h13-15H,6-12,18H2,1-5H3. The van der Waals surface area contributed by atoms with Gasteiger partial charge in [0.2, 0.25) is 0 Å². The van der Waals surface area contributed by atoms with E-state index in [1.54, 1.807) is 0 Å². The van der Waals surface area contributed by atoms with Crippen molar-refractivity contribution < 1.29 is 4.74 Å². The SMILES string of the molecule is BC1(C)CCCC(N(C(C)C)C2(CC)COC2)C1CC. The normalized spacial score (nSPS) is 37.1. The van der Waals surface area contributed by atoms with Crippen molar-refractivity contribution in [2.24, 2.45) is 5.92 Å². The highest BCUT2D eigenvalue weighted by Crippen LogP contribution is 2.50. The van der Waals surface area contributed by atoms with Crippen LogP contribution >= 0.6 is 0 Å². The summed E-state index contributed by atoms with van der Waals surface area (Å²) in [4.78, 5) is 2.85. The first kappa shape index (κ1) is 16.4.